The van der Waals surface area contributed by atoms with Crippen molar-refractivity contribution in [1.29, 1.82) is 0 Å². The highest BCUT2D eigenvalue weighted by Gasteiger charge is 2.18. The Morgan fingerprint density at radius 1 is 1.29 bits per heavy atom. The lowest BCUT2D eigenvalue weighted by Crippen LogP contribution is -2.32. The van der Waals surface area contributed by atoms with Crippen LogP contribution in [0.3, 0.4) is 0 Å². The highest BCUT2D eigenvalue weighted by atomic mass is 127. The fourth-order valence-electron chi connectivity index (χ4n) is 1.99. The van der Waals surface area contributed by atoms with Gasteiger partial charge < -0.3 is 15.6 Å². The van der Waals surface area contributed by atoms with Crippen LogP contribution >= 0.6 is 45.2 Å². The topological polar surface area (TPSA) is 72.5 Å². The minimum absolute atomic E-state index is 0.0697. The minimum atomic E-state index is -1.08. The molecule has 1 atom stereocenters. The Hall–Kier alpha value is -1.01. The summed E-state index contributed by atoms with van der Waals surface area (Å²) in [7, 11) is 0. The molecule has 4 nitrogen and oxygen atoms in total. The molecule has 0 unspecified atom stereocenters. The molecule has 8 heteroatoms. The van der Waals surface area contributed by atoms with E-state index in [1.807, 2.05) is 45.2 Å². The molecule has 0 amide bonds. The molecule has 0 radical (unpaired) electrons. The van der Waals surface area contributed by atoms with Gasteiger partial charge in [-0.3, -0.25) is 4.79 Å². The Morgan fingerprint density at radius 3 is 2.42 bits per heavy atom. The first-order chi connectivity index (χ1) is 11.2. The summed E-state index contributed by atoms with van der Waals surface area (Å²) in [6, 6.07) is 4.84. The van der Waals surface area contributed by atoms with Gasteiger partial charge in [0, 0.05) is 5.56 Å². The van der Waals surface area contributed by atoms with Gasteiger partial charge in [-0.25, -0.2) is 8.78 Å². The van der Waals surface area contributed by atoms with Crippen LogP contribution in [0.4, 0.5) is 8.78 Å². The van der Waals surface area contributed by atoms with Gasteiger partial charge >= 0.3 is 5.97 Å². The SMILES string of the molecule is Cc1c(F)ccc(Oc2c(I)cc(C[C@H](N)C(=O)O)cc2I)c1F. The van der Waals surface area contributed by atoms with Gasteiger partial charge in [0.2, 0.25) is 0 Å². The number of carbonyl (C=O) groups is 1. The third-order valence-electron chi connectivity index (χ3n) is 3.33. The van der Waals surface area contributed by atoms with Crippen molar-refractivity contribution in [1.82, 2.24) is 0 Å². The number of halogens is 4. The van der Waals surface area contributed by atoms with Gasteiger partial charge in [-0.1, -0.05) is 0 Å². The van der Waals surface area contributed by atoms with Crippen molar-refractivity contribution in [3.8, 4) is 11.5 Å². The van der Waals surface area contributed by atoms with Crippen LogP contribution in [0.15, 0.2) is 24.3 Å². The molecule has 2 aromatic rings. The Balaban J connectivity index is 2.32. The van der Waals surface area contributed by atoms with E-state index >= 15 is 0 Å². The molecule has 2 rings (SSSR count). The molecule has 0 aliphatic carbocycles. The van der Waals surface area contributed by atoms with E-state index in [4.69, 9.17) is 15.6 Å². The number of aliphatic carboxylic acids is 1. The maximum atomic E-state index is 14.1. The fraction of sp³-hybridized carbons (Fsp3) is 0.188. The molecule has 0 spiro atoms. The largest absolute Gasteiger partial charge is 0.480 e. The van der Waals surface area contributed by atoms with Gasteiger partial charge in [-0.05, 0) is 88.4 Å². The van der Waals surface area contributed by atoms with Gasteiger partial charge in [0.15, 0.2) is 17.3 Å². The van der Waals surface area contributed by atoms with Crippen molar-refractivity contribution in [2.24, 2.45) is 5.73 Å². The molecule has 128 valence electrons. The first-order valence-electron chi connectivity index (χ1n) is 6.79. The molecule has 3 N–H and O–H groups in total. The fourth-order valence-corrected chi connectivity index (χ4v) is 4.11. The average molecular weight is 559 g/mol. The van der Waals surface area contributed by atoms with Crippen molar-refractivity contribution in [2.75, 3.05) is 0 Å². The summed E-state index contributed by atoms with van der Waals surface area (Å²) >= 11 is 4.03. The molecule has 0 saturated heterocycles. The Bertz CT molecular complexity index is 776. The van der Waals surface area contributed by atoms with E-state index in [2.05, 4.69) is 0 Å². The van der Waals surface area contributed by atoms with E-state index in [1.165, 1.54) is 13.0 Å². The summed E-state index contributed by atoms with van der Waals surface area (Å²) in [5.41, 5.74) is 6.17. The standard InChI is InChI=1S/C16H13F2I2NO3/c1-7-9(17)2-3-13(14(7)18)24-15-10(19)4-8(5-11(15)20)6-12(21)16(22)23/h2-5,12H,6,21H2,1H3,(H,22,23)/t12-/m0/s1. The maximum absolute atomic E-state index is 14.1. The molecular formula is C16H13F2I2NO3. The van der Waals surface area contributed by atoms with Gasteiger partial charge in [0.1, 0.15) is 11.9 Å². The van der Waals surface area contributed by atoms with Crippen LogP contribution in [0.2, 0.25) is 0 Å². The number of benzene rings is 2. The molecule has 0 saturated carbocycles. The van der Waals surface area contributed by atoms with Crippen molar-refractivity contribution in [3.05, 3.63) is 54.2 Å². The van der Waals surface area contributed by atoms with Gasteiger partial charge in [0.05, 0.1) is 7.14 Å². The van der Waals surface area contributed by atoms with Crippen molar-refractivity contribution in [3.63, 3.8) is 0 Å². The summed E-state index contributed by atoms with van der Waals surface area (Å²) < 4.78 is 34.4. The van der Waals surface area contributed by atoms with Crippen LogP contribution in [0, 0.1) is 25.7 Å². The molecular weight excluding hydrogens is 546 g/mol. The molecule has 0 bridgehead atoms. The number of ether oxygens (including phenoxy) is 1. The van der Waals surface area contributed by atoms with Crippen LogP contribution in [-0.2, 0) is 11.2 Å². The molecule has 0 aromatic heterocycles. The highest BCUT2D eigenvalue weighted by Crippen LogP contribution is 2.35. The zero-order chi connectivity index (χ0) is 18.0. The second kappa shape index (κ2) is 7.91. The zero-order valence-electron chi connectivity index (χ0n) is 12.4. The van der Waals surface area contributed by atoms with Gasteiger partial charge in [0.25, 0.3) is 0 Å². The molecule has 0 heterocycles. The van der Waals surface area contributed by atoms with E-state index in [-0.39, 0.29) is 17.7 Å². The molecule has 24 heavy (non-hydrogen) atoms. The predicted octanol–water partition coefficient (Wildman–Crippen LogP) is 4.23. The average Bonchev–Trinajstić information content (AvgIpc) is 2.50. The number of hydrogen-bond acceptors (Lipinski definition) is 3. The van der Waals surface area contributed by atoms with Crippen LogP contribution in [-0.4, -0.2) is 17.1 Å². The number of rotatable bonds is 5. The second-order valence-corrected chi connectivity index (χ2v) is 7.45. The highest BCUT2D eigenvalue weighted by molar-refractivity contribution is 14.1. The number of carboxylic acid groups (broad SMARTS) is 1. The quantitative estimate of drug-likeness (QED) is 0.539. The van der Waals surface area contributed by atoms with Crippen molar-refractivity contribution >= 4 is 51.2 Å². The van der Waals surface area contributed by atoms with E-state index < -0.39 is 23.6 Å². The lowest BCUT2D eigenvalue weighted by atomic mass is 10.1. The van der Waals surface area contributed by atoms with Crippen LogP contribution < -0.4 is 10.5 Å². The predicted molar refractivity (Wildman–Crippen MR) is 102 cm³/mol. The Labute approximate surface area is 164 Å². The third-order valence-corrected chi connectivity index (χ3v) is 4.93. The summed E-state index contributed by atoms with van der Waals surface area (Å²) in [6.07, 6.45) is 0.172. The minimum Gasteiger partial charge on any atom is -0.480 e. The Kier molecular flexibility index (Phi) is 6.37. The van der Waals surface area contributed by atoms with E-state index in [0.29, 0.717) is 12.9 Å². The molecule has 2 aromatic carbocycles. The maximum Gasteiger partial charge on any atom is 0.320 e. The van der Waals surface area contributed by atoms with E-state index in [9.17, 15) is 13.6 Å². The van der Waals surface area contributed by atoms with Crippen molar-refractivity contribution in [2.45, 2.75) is 19.4 Å². The van der Waals surface area contributed by atoms with Crippen LogP contribution in [0.1, 0.15) is 11.1 Å². The van der Waals surface area contributed by atoms with Gasteiger partial charge in [-0.15, -0.1) is 0 Å². The summed E-state index contributed by atoms with van der Waals surface area (Å²) in [4.78, 5) is 10.9. The lowest BCUT2D eigenvalue weighted by molar-refractivity contribution is -0.138. The van der Waals surface area contributed by atoms with Crippen LogP contribution in [0.5, 0.6) is 11.5 Å². The Morgan fingerprint density at radius 2 is 1.88 bits per heavy atom. The molecule has 0 aliphatic rings. The molecule has 0 fully saturated rings. The zero-order valence-corrected chi connectivity index (χ0v) is 16.8. The first kappa shape index (κ1) is 19.3. The summed E-state index contributed by atoms with van der Waals surface area (Å²) in [6.45, 7) is 1.34. The normalized spacial score (nSPS) is 12.1. The third kappa shape index (κ3) is 4.33. The lowest BCUT2D eigenvalue weighted by Gasteiger charge is -2.14. The first-order valence-corrected chi connectivity index (χ1v) is 8.95. The van der Waals surface area contributed by atoms with Crippen molar-refractivity contribution < 1.29 is 23.4 Å². The second-order valence-electron chi connectivity index (χ2n) is 5.12. The smallest absolute Gasteiger partial charge is 0.320 e. The summed E-state index contributed by atoms with van der Waals surface area (Å²) in [5.74, 6) is -2.11. The van der Waals surface area contributed by atoms with E-state index in [1.54, 1.807) is 12.1 Å². The van der Waals surface area contributed by atoms with E-state index in [0.717, 1.165) is 11.6 Å². The number of nitrogens with two attached hydrogens (primary N) is 1. The summed E-state index contributed by atoms with van der Waals surface area (Å²) in [5, 5.41) is 8.88. The monoisotopic (exact) mass is 559 g/mol. The molecule has 0 aliphatic heterocycles. The van der Waals surface area contributed by atoms with Gasteiger partial charge in [-0.2, -0.15) is 0 Å². The number of hydrogen-bond donors (Lipinski definition) is 2. The number of carboxylic acids is 1. The van der Waals surface area contributed by atoms with Crippen LogP contribution in [0.25, 0.3) is 0 Å².